The Labute approximate surface area is 243 Å². The maximum absolute atomic E-state index is 15.0. The molecule has 14 heteroatoms. The number of nitrogens with one attached hydrogen (secondary N) is 1. The average Bonchev–Trinajstić information content (AvgIpc) is 3.50. The molecule has 3 aromatic rings. The largest absolute Gasteiger partial charge is 0.435 e. The third-order valence-electron chi connectivity index (χ3n) is 6.89. The third kappa shape index (κ3) is 6.03. The van der Waals surface area contributed by atoms with E-state index in [9.17, 15) is 40.6 Å². The van der Waals surface area contributed by atoms with E-state index >= 15 is 0 Å². The molecule has 1 fully saturated rings. The van der Waals surface area contributed by atoms with Crippen molar-refractivity contribution in [3.63, 3.8) is 0 Å². The zero-order valence-corrected chi connectivity index (χ0v) is 23.5. The number of fused-ring (bicyclic) bond motifs is 3. The summed E-state index contributed by atoms with van der Waals surface area (Å²) in [6.45, 7) is 1.92. The highest BCUT2D eigenvalue weighted by molar-refractivity contribution is 9.10. The minimum atomic E-state index is -5.00. The van der Waals surface area contributed by atoms with Gasteiger partial charge in [0.15, 0.2) is 5.69 Å². The highest BCUT2D eigenvalue weighted by Gasteiger charge is 2.68. The lowest BCUT2D eigenvalue weighted by molar-refractivity contribution is -0.142. The van der Waals surface area contributed by atoms with Crippen molar-refractivity contribution in [3.05, 3.63) is 80.3 Å². The van der Waals surface area contributed by atoms with Crippen molar-refractivity contribution in [1.29, 1.82) is 0 Å². The fourth-order valence-corrected chi connectivity index (χ4v) is 5.64. The van der Waals surface area contributed by atoms with Crippen LogP contribution in [0.5, 0.6) is 0 Å². The number of aromatic nitrogens is 3. The molecule has 0 aliphatic heterocycles. The second-order valence-corrected chi connectivity index (χ2v) is 11.7. The number of carbonyl (C=O) groups is 1. The van der Waals surface area contributed by atoms with Crippen LogP contribution in [0.4, 0.5) is 30.7 Å². The summed E-state index contributed by atoms with van der Waals surface area (Å²) in [5, 5.41) is 15.8. The van der Waals surface area contributed by atoms with Crippen molar-refractivity contribution in [2.45, 2.75) is 62.9 Å². The van der Waals surface area contributed by atoms with Gasteiger partial charge in [-0.2, -0.15) is 27.1 Å². The lowest BCUT2D eigenvalue weighted by atomic mass is 10.0. The van der Waals surface area contributed by atoms with Crippen molar-refractivity contribution in [2.24, 2.45) is 5.92 Å². The number of pyridine rings is 1. The minimum Gasteiger partial charge on any atom is -0.378 e. The van der Waals surface area contributed by atoms with Crippen LogP contribution in [-0.2, 0) is 29.9 Å². The molecule has 0 unspecified atom stereocenters. The number of alkyl halides is 5. The Morgan fingerprint density at radius 3 is 2.50 bits per heavy atom. The maximum atomic E-state index is 15.0. The van der Waals surface area contributed by atoms with Gasteiger partial charge >= 0.3 is 6.18 Å². The van der Waals surface area contributed by atoms with Crippen LogP contribution in [0.3, 0.4) is 0 Å². The first-order valence-electron chi connectivity index (χ1n) is 12.7. The van der Waals surface area contributed by atoms with Gasteiger partial charge in [0.25, 0.3) is 5.92 Å². The molecule has 1 saturated carbocycles. The molecule has 0 radical (unpaired) electrons. The van der Waals surface area contributed by atoms with Crippen LogP contribution in [0.15, 0.2) is 34.8 Å². The van der Waals surface area contributed by atoms with Crippen LogP contribution in [0.25, 0.3) is 0 Å². The molecule has 6 nitrogen and oxygen atoms in total. The van der Waals surface area contributed by atoms with Gasteiger partial charge in [0.2, 0.25) is 5.91 Å². The van der Waals surface area contributed by atoms with Crippen molar-refractivity contribution >= 4 is 21.8 Å². The zero-order valence-electron chi connectivity index (χ0n) is 22.0. The van der Waals surface area contributed by atoms with Gasteiger partial charge in [-0.05, 0) is 84.3 Å². The lowest BCUT2D eigenvalue weighted by Gasteiger charge is -2.21. The number of benzene rings is 1. The molecule has 222 valence electrons. The van der Waals surface area contributed by atoms with E-state index in [-0.39, 0.29) is 29.8 Å². The van der Waals surface area contributed by atoms with E-state index in [1.165, 1.54) is 26.0 Å². The first kappa shape index (κ1) is 30.0. The first-order chi connectivity index (χ1) is 19.4. The molecule has 2 N–H and O–H groups in total. The summed E-state index contributed by atoms with van der Waals surface area (Å²) in [4.78, 5) is 17.6. The number of halogens is 8. The predicted molar refractivity (Wildman–Crippen MR) is 138 cm³/mol. The summed E-state index contributed by atoms with van der Waals surface area (Å²) in [5.74, 6) is -3.36. The zero-order chi connectivity index (χ0) is 30.8. The lowest BCUT2D eigenvalue weighted by Crippen LogP contribution is -2.35. The predicted octanol–water partition coefficient (Wildman–Crippen LogP) is 5.77. The molecule has 2 heterocycles. The molecular weight excluding hydrogens is 637 g/mol. The molecule has 0 bridgehead atoms. The van der Waals surface area contributed by atoms with Gasteiger partial charge in [-0.15, -0.1) is 0 Å². The molecule has 3 atom stereocenters. The van der Waals surface area contributed by atoms with Gasteiger partial charge < -0.3 is 10.4 Å². The Balaban J connectivity index is 1.49. The standard InChI is InChI=1S/C28H22BrF7N4O2/c1-26(2,42)6-5-16-3-4-19(29)23(37-16)20(9-13-7-14(30)10-15(31)8-13)38-21(41)12-40-25-22(24(39-40)28(34,35)36)17-11-18(17)27(25,32)33/h3-4,7-8,10,17-18,20,42H,9,11-12H2,1-2H3,(H,38,41)/t17-,18+,20-/m0/s1. The van der Waals surface area contributed by atoms with Crippen LogP contribution in [0.2, 0.25) is 0 Å². The summed E-state index contributed by atoms with van der Waals surface area (Å²) in [6.07, 6.45) is -5.33. The normalized spacial score (nSPS) is 19.4. The Morgan fingerprint density at radius 2 is 1.88 bits per heavy atom. The van der Waals surface area contributed by atoms with Crippen LogP contribution < -0.4 is 5.32 Å². The number of rotatable bonds is 6. The molecule has 2 aliphatic carbocycles. The Hall–Kier alpha value is -3.44. The number of hydrogen-bond acceptors (Lipinski definition) is 4. The molecule has 0 spiro atoms. The number of nitrogens with zero attached hydrogens (tertiary/aromatic N) is 3. The van der Waals surface area contributed by atoms with Gasteiger partial charge in [0.1, 0.15) is 35.2 Å². The molecule has 0 saturated heterocycles. The fourth-order valence-electron chi connectivity index (χ4n) is 5.14. The maximum Gasteiger partial charge on any atom is 0.435 e. The second kappa shape index (κ2) is 10.4. The smallest absolute Gasteiger partial charge is 0.378 e. The molecule has 2 aliphatic rings. The first-order valence-corrected chi connectivity index (χ1v) is 13.5. The topological polar surface area (TPSA) is 80.0 Å². The number of hydrogen-bond donors (Lipinski definition) is 2. The molecule has 1 amide bonds. The van der Waals surface area contributed by atoms with Crippen molar-refractivity contribution in [3.8, 4) is 11.8 Å². The van der Waals surface area contributed by atoms with Crippen molar-refractivity contribution < 1.29 is 40.6 Å². The van der Waals surface area contributed by atoms with Crippen LogP contribution in [-0.4, -0.2) is 31.4 Å². The van der Waals surface area contributed by atoms with Crippen LogP contribution in [0, 0.1) is 29.4 Å². The van der Waals surface area contributed by atoms with Gasteiger partial charge in [0.05, 0.1) is 11.7 Å². The quantitative estimate of drug-likeness (QED) is 0.260. The highest BCUT2D eigenvalue weighted by Crippen LogP contribution is 2.68. The van der Waals surface area contributed by atoms with Crippen molar-refractivity contribution in [1.82, 2.24) is 20.1 Å². The summed E-state index contributed by atoms with van der Waals surface area (Å²) in [7, 11) is 0. The monoisotopic (exact) mass is 658 g/mol. The number of carbonyl (C=O) groups excluding carboxylic acids is 1. The van der Waals surface area contributed by atoms with E-state index in [2.05, 4.69) is 43.2 Å². The summed E-state index contributed by atoms with van der Waals surface area (Å²) < 4.78 is 99.5. The van der Waals surface area contributed by atoms with E-state index in [1.54, 1.807) is 0 Å². The van der Waals surface area contributed by atoms with E-state index in [0.717, 1.165) is 12.1 Å². The van der Waals surface area contributed by atoms with Crippen LogP contribution in [0.1, 0.15) is 66.1 Å². The Bertz CT molecular complexity index is 1620. The van der Waals surface area contributed by atoms with Gasteiger partial charge in [-0.3, -0.25) is 9.48 Å². The number of aliphatic hydroxyl groups is 1. The van der Waals surface area contributed by atoms with E-state index in [4.69, 9.17) is 0 Å². The van der Waals surface area contributed by atoms with E-state index in [0.29, 0.717) is 15.2 Å². The summed E-state index contributed by atoms with van der Waals surface area (Å²) in [6, 6.07) is 4.60. The molecule has 42 heavy (non-hydrogen) atoms. The van der Waals surface area contributed by atoms with Crippen molar-refractivity contribution in [2.75, 3.05) is 0 Å². The average molecular weight is 659 g/mol. The molecule has 1 aromatic carbocycles. The summed E-state index contributed by atoms with van der Waals surface area (Å²) >= 11 is 3.31. The highest BCUT2D eigenvalue weighted by atomic mass is 79.9. The SMILES string of the molecule is CC(C)(O)C#Cc1ccc(Br)c([C@H](Cc2cc(F)cc(F)c2)NC(=O)Cn2nc(C(F)(F)F)c3c2C(F)(F)[C@@H]2C[C@H]32)n1. The summed E-state index contributed by atoms with van der Waals surface area (Å²) in [5.41, 5.74) is -3.92. The minimum absolute atomic E-state index is 0.0976. The second-order valence-electron chi connectivity index (χ2n) is 10.8. The van der Waals surface area contributed by atoms with Gasteiger partial charge in [0, 0.05) is 22.0 Å². The Morgan fingerprint density at radius 1 is 1.21 bits per heavy atom. The fraction of sp³-hybridized carbons (Fsp3) is 0.393. The van der Waals surface area contributed by atoms with Gasteiger partial charge in [-0.1, -0.05) is 5.92 Å². The van der Waals surface area contributed by atoms with Crippen LogP contribution >= 0.6 is 15.9 Å². The van der Waals surface area contributed by atoms with E-state index in [1.807, 2.05) is 0 Å². The molecule has 2 aromatic heterocycles. The van der Waals surface area contributed by atoms with Gasteiger partial charge in [-0.25, -0.2) is 13.8 Å². The third-order valence-corrected chi connectivity index (χ3v) is 7.56. The molecule has 5 rings (SSSR count). The molecular formula is C28H22BrF7N4O2. The number of amides is 1. The van der Waals surface area contributed by atoms with E-state index < -0.39 is 76.6 Å². The Kier molecular flexibility index (Phi) is 7.42.